The second-order valence-electron chi connectivity index (χ2n) is 6.46. The summed E-state index contributed by atoms with van der Waals surface area (Å²) in [5.74, 6) is -0.577. The minimum Gasteiger partial charge on any atom is -0.461 e. The lowest BCUT2D eigenvalue weighted by Crippen LogP contribution is -2.27. The monoisotopic (exact) mass is 359 g/mol. The number of ether oxygens (including phenoxy) is 2. The number of aryl methyl sites for hydroxylation is 1. The Balaban J connectivity index is 2.48. The molecular formula is C17H21N5O4. The summed E-state index contributed by atoms with van der Waals surface area (Å²) in [5, 5.41) is 15.9. The van der Waals surface area contributed by atoms with Crippen molar-refractivity contribution in [2.24, 2.45) is 7.05 Å². The highest BCUT2D eigenvalue weighted by molar-refractivity contribution is 5.96. The molecule has 2 N–H and O–H groups in total. The summed E-state index contributed by atoms with van der Waals surface area (Å²) < 4.78 is 11.7. The molecule has 0 atom stereocenters. The van der Waals surface area contributed by atoms with E-state index >= 15 is 0 Å². The molecule has 2 aromatic rings. The van der Waals surface area contributed by atoms with Gasteiger partial charge in [-0.05, 0) is 33.8 Å². The maximum absolute atomic E-state index is 12.1. The number of nitrogens with zero attached hydrogens (tertiary/aromatic N) is 3. The smallest absolute Gasteiger partial charge is 0.412 e. The molecule has 0 radical (unpaired) electrons. The first-order valence-electron chi connectivity index (χ1n) is 7.99. The van der Waals surface area contributed by atoms with E-state index in [2.05, 4.69) is 15.4 Å². The summed E-state index contributed by atoms with van der Waals surface area (Å²) >= 11 is 0. The van der Waals surface area contributed by atoms with Crippen LogP contribution in [0.2, 0.25) is 0 Å². The Labute approximate surface area is 150 Å². The van der Waals surface area contributed by atoms with Crippen molar-refractivity contribution >= 4 is 17.7 Å². The zero-order valence-electron chi connectivity index (χ0n) is 15.3. The molecule has 0 unspecified atom stereocenters. The van der Waals surface area contributed by atoms with Crippen molar-refractivity contribution in [1.29, 1.82) is 5.26 Å². The lowest BCUT2D eigenvalue weighted by Gasteiger charge is -2.19. The molecule has 0 saturated carbocycles. The van der Waals surface area contributed by atoms with E-state index in [9.17, 15) is 14.9 Å². The fourth-order valence-corrected chi connectivity index (χ4v) is 2.29. The van der Waals surface area contributed by atoms with Crippen LogP contribution in [0.5, 0.6) is 0 Å². The van der Waals surface area contributed by atoms with Crippen LogP contribution in [0.4, 0.5) is 10.5 Å². The molecule has 0 aromatic carbocycles. The van der Waals surface area contributed by atoms with Crippen LogP contribution in [0.25, 0.3) is 11.4 Å². The van der Waals surface area contributed by atoms with Crippen molar-refractivity contribution in [2.75, 3.05) is 11.9 Å². The van der Waals surface area contributed by atoms with Gasteiger partial charge in [0, 0.05) is 7.05 Å². The van der Waals surface area contributed by atoms with Gasteiger partial charge in [-0.25, -0.2) is 9.59 Å². The Hall–Kier alpha value is -3.28. The van der Waals surface area contributed by atoms with Crippen molar-refractivity contribution in [2.45, 2.75) is 33.3 Å². The predicted octanol–water partition coefficient (Wildman–Crippen LogP) is 2.81. The van der Waals surface area contributed by atoms with Crippen LogP contribution in [0.15, 0.2) is 12.3 Å². The highest BCUT2D eigenvalue weighted by Gasteiger charge is 2.24. The highest BCUT2D eigenvalue weighted by atomic mass is 16.6. The predicted molar refractivity (Wildman–Crippen MR) is 93.5 cm³/mol. The minimum absolute atomic E-state index is 0.137. The summed E-state index contributed by atoms with van der Waals surface area (Å²) in [5.41, 5.74) is 0.802. The third-order valence-electron chi connectivity index (χ3n) is 3.24. The molecule has 138 valence electrons. The van der Waals surface area contributed by atoms with Crippen molar-refractivity contribution in [3.8, 4) is 17.5 Å². The van der Waals surface area contributed by atoms with E-state index in [1.54, 1.807) is 34.7 Å². The number of hydrogen-bond acceptors (Lipinski definition) is 6. The average molecular weight is 359 g/mol. The normalized spacial score (nSPS) is 10.9. The Morgan fingerprint density at radius 3 is 2.69 bits per heavy atom. The number of nitriles is 1. The van der Waals surface area contributed by atoms with E-state index in [1.807, 2.05) is 6.07 Å². The minimum atomic E-state index is -0.686. The number of carbonyl (C=O) groups excluding carboxylic acids is 2. The molecule has 9 nitrogen and oxygen atoms in total. The molecule has 2 aromatic heterocycles. The summed E-state index contributed by atoms with van der Waals surface area (Å²) in [6, 6.07) is 3.47. The summed E-state index contributed by atoms with van der Waals surface area (Å²) in [4.78, 5) is 27.1. The summed E-state index contributed by atoms with van der Waals surface area (Å²) in [6.45, 7) is 7.12. The third kappa shape index (κ3) is 4.22. The number of esters is 1. The van der Waals surface area contributed by atoms with Gasteiger partial charge in [-0.1, -0.05) is 0 Å². The van der Waals surface area contributed by atoms with Crippen LogP contribution in [0.1, 0.15) is 43.7 Å². The Morgan fingerprint density at radius 2 is 2.12 bits per heavy atom. The Kier molecular flexibility index (Phi) is 5.35. The number of aromatic amines is 1. The summed E-state index contributed by atoms with van der Waals surface area (Å²) in [7, 11) is 1.65. The Bertz CT molecular complexity index is 867. The van der Waals surface area contributed by atoms with Crippen molar-refractivity contribution in [3.63, 3.8) is 0 Å². The first kappa shape index (κ1) is 19.1. The van der Waals surface area contributed by atoms with Gasteiger partial charge in [-0.3, -0.25) is 10.00 Å². The molecule has 2 heterocycles. The number of H-pyrrole nitrogens is 1. The molecule has 2 rings (SSSR count). The van der Waals surface area contributed by atoms with Crippen LogP contribution in [0.3, 0.4) is 0 Å². The molecule has 0 fully saturated rings. The van der Waals surface area contributed by atoms with Gasteiger partial charge in [0.15, 0.2) is 0 Å². The molecule has 0 spiro atoms. The van der Waals surface area contributed by atoms with Crippen LogP contribution in [0, 0.1) is 11.3 Å². The molecule has 9 heteroatoms. The molecular weight excluding hydrogens is 338 g/mol. The summed E-state index contributed by atoms with van der Waals surface area (Å²) in [6.07, 6.45) is 0.714. The molecule has 0 saturated heterocycles. The third-order valence-corrected chi connectivity index (χ3v) is 3.24. The number of amides is 1. The highest BCUT2D eigenvalue weighted by Crippen LogP contribution is 2.31. The van der Waals surface area contributed by atoms with E-state index in [4.69, 9.17) is 9.47 Å². The SMILES string of the molecule is CCOC(=O)c1cc(NC(=O)OC(C)(C)C)c(-c2c(C#N)cnn2C)[nH]1. The molecule has 26 heavy (non-hydrogen) atoms. The topological polar surface area (TPSA) is 122 Å². The van der Waals surface area contributed by atoms with Gasteiger partial charge >= 0.3 is 12.1 Å². The first-order chi connectivity index (χ1) is 12.2. The molecule has 1 amide bonds. The number of rotatable bonds is 4. The lowest BCUT2D eigenvalue weighted by molar-refractivity contribution is 0.0519. The Morgan fingerprint density at radius 1 is 1.42 bits per heavy atom. The maximum atomic E-state index is 12.1. The fourth-order valence-electron chi connectivity index (χ4n) is 2.29. The molecule has 0 aliphatic carbocycles. The molecule has 0 aliphatic rings. The largest absolute Gasteiger partial charge is 0.461 e. The van der Waals surface area contributed by atoms with Gasteiger partial charge in [0.25, 0.3) is 0 Å². The quantitative estimate of drug-likeness (QED) is 0.809. The maximum Gasteiger partial charge on any atom is 0.412 e. The van der Waals surface area contributed by atoms with Gasteiger partial charge in [-0.15, -0.1) is 0 Å². The zero-order chi connectivity index (χ0) is 19.5. The number of hydrogen-bond donors (Lipinski definition) is 2. The van der Waals surface area contributed by atoms with E-state index < -0.39 is 17.7 Å². The molecule has 0 aliphatic heterocycles. The van der Waals surface area contributed by atoms with Gasteiger partial charge in [-0.2, -0.15) is 10.4 Å². The number of anilines is 1. The van der Waals surface area contributed by atoms with Gasteiger partial charge in [0.1, 0.15) is 23.1 Å². The number of carbonyl (C=O) groups is 2. The van der Waals surface area contributed by atoms with Crippen LogP contribution >= 0.6 is 0 Å². The first-order valence-corrected chi connectivity index (χ1v) is 7.99. The lowest BCUT2D eigenvalue weighted by atomic mass is 10.2. The average Bonchev–Trinajstić information content (AvgIpc) is 3.08. The van der Waals surface area contributed by atoms with E-state index in [0.717, 1.165) is 0 Å². The second-order valence-corrected chi connectivity index (χ2v) is 6.46. The van der Waals surface area contributed by atoms with Gasteiger partial charge in [0.05, 0.1) is 29.7 Å². The standard InChI is InChI=1S/C17H21N5O4/c1-6-25-15(23)12-7-11(21-16(24)26-17(2,3)4)13(20-12)14-10(8-18)9-19-22(14)5/h7,9,20H,6H2,1-5H3,(H,21,24). The van der Waals surface area contributed by atoms with Gasteiger partial charge in [0.2, 0.25) is 0 Å². The van der Waals surface area contributed by atoms with Crippen molar-refractivity contribution < 1.29 is 19.1 Å². The van der Waals surface area contributed by atoms with Crippen molar-refractivity contribution in [3.05, 3.63) is 23.5 Å². The second kappa shape index (κ2) is 7.31. The van der Waals surface area contributed by atoms with E-state index in [0.29, 0.717) is 11.4 Å². The van der Waals surface area contributed by atoms with Crippen LogP contribution in [-0.2, 0) is 16.5 Å². The van der Waals surface area contributed by atoms with Crippen LogP contribution < -0.4 is 5.32 Å². The molecule has 0 bridgehead atoms. The van der Waals surface area contributed by atoms with Gasteiger partial charge < -0.3 is 14.5 Å². The zero-order valence-corrected chi connectivity index (χ0v) is 15.3. The van der Waals surface area contributed by atoms with Crippen LogP contribution in [-0.4, -0.2) is 39.0 Å². The van der Waals surface area contributed by atoms with Crippen molar-refractivity contribution in [1.82, 2.24) is 14.8 Å². The number of nitrogens with one attached hydrogen (secondary N) is 2. The fraction of sp³-hybridized carbons (Fsp3) is 0.412. The number of aromatic nitrogens is 3. The van der Waals surface area contributed by atoms with E-state index in [-0.39, 0.29) is 23.6 Å². The van der Waals surface area contributed by atoms with E-state index in [1.165, 1.54) is 16.9 Å².